The molecule has 0 saturated carbocycles. The van der Waals surface area contributed by atoms with Crippen molar-refractivity contribution in [2.75, 3.05) is 31.6 Å². The summed E-state index contributed by atoms with van der Waals surface area (Å²) >= 11 is 0. The number of morpholine rings is 1. The molecule has 0 spiro atoms. The number of amides is 2. The Morgan fingerprint density at radius 1 is 1.12 bits per heavy atom. The highest BCUT2D eigenvalue weighted by atomic mass is 16.5. The molecule has 3 aromatic rings. The van der Waals surface area contributed by atoms with Crippen LogP contribution in [0.25, 0.3) is 0 Å². The fourth-order valence-electron chi connectivity index (χ4n) is 3.72. The van der Waals surface area contributed by atoms with Gasteiger partial charge < -0.3 is 24.1 Å². The van der Waals surface area contributed by atoms with Crippen LogP contribution in [0.2, 0.25) is 0 Å². The predicted molar refractivity (Wildman–Crippen MR) is 126 cm³/mol. The molecule has 0 bridgehead atoms. The normalized spacial score (nSPS) is 13.8. The molecule has 0 radical (unpaired) electrons. The molecular weight excluding hydrogens is 436 g/mol. The van der Waals surface area contributed by atoms with Gasteiger partial charge in [-0.2, -0.15) is 5.10 Å². The maximum absolute atomic E-state index is 13.1. The summed E-state index contributed by atoms with van der Waals surface area (Å²) in [5.74, 6) is 1.18. The highest BCUT2D eigenvalue weighted by molar-refractivity contribution is 6.07. The minimum Gasteiger partial charge on any atom is -0.486 e. The topological polar surface area (TPSA) is 98.8 Å². The smallest absolute Gasteiger partial charge is 0.291 e. The molecule has 1 aromatic carbocycles. The van der Waals surface area contributed by atoms with Gasteiger partial charge in [0.1, 0.15) is 23.8 Å². The number of anilines is 1. The number of hydrogen-bond acceptors (Lipinski definition) is 6. The molecule has 4 rings (SSSR count). The Morgan fingerprint density at radius 2 is 1.85 bits per heavy atom. The zero-order valence-electron chi connectivity index (χ0n) is 19.7. The quantitative estimate of drug-likeness (QED) is 0.540. The van der Waals surface area contributed by atoms with Crippen molar-refractivity contribution in [3.8, 4) is 5.75 Å². The number of hydrogen-bond donors (Lipinski definition) is 1. The van der Waals surface area contributed by atoms with Gasteiger partial charge in [-0.15, -0.1) is 0 Å². The number of nitrogens with one attached hydrogen (secondary N) is 1. The SMILES string of the molecule is CCn1ncc(NC(=O)c2ccc(COc3ccc(C(C)C)cc3)o2)c1C(=O)N1CCOCC1. The molecule has 1 aliphatic rings. The van der Waals surface area contributed by atoms with E-state index in [1.54, 1.807) is 21.7 Å². The van der Waals surface area contributed by atoms with Crippen LogP contribution in [0.4, 0.5) is 5.69 Å². The van der Waals surface area contributed by atoms with Crippen LogP contribution in [0.15, 0.2) is 47.0 Å². The van der Waals surface area contributed by atoms with Crippen LogP contribution in [0.5, 0.6) is 5.75 Å². The Labute approximate surface area is 198 Å². The van der Waals surface area contributed by atoms with E-state index >= 15 is 0 Å². The van der Waals surface area contributed by atoms with E-state index in [0.29, 0.717) is 55.9 Å². The lowest BCUT2D eigenvalue weighted by Crippen LogP contribution is -2.41. The molecule has 1 saturated heterocycles. The summed E-state index contributed by atoms with van der Waals surface area (Å²) in [7, 11) is 0. The lowest BCUT2D eigenvalue weighted by Gasteiger charge is -2.27. The number of benzene rings is 1. The van der Waals surface area contributed by atoms with Crippen LogP contribution in [0, 0.1) is 0 Å². The van der Waals surface area contributed by atoms with Crippen molar-refractivity contribution in [3.63, 3.8) is 0 Å². The Balaban J connectivity index is 1.40. The molecule has 1 N–H and O–H groups in total. The van der Waals surface area contributed by atoms with E-state index < -0.39 is 5.91 Å². The van der Waals surface area contributed by atoms with Gasteiger partial charge in [-0.25, -0.2) is 0 Å². The summed E-state index contributed by atoms with van der Waals surface area (Å²) in [4.78, 5) is 27.6. The van der Waals surface area contributed by atoms with E-state index in [4.69, 9.17) is 13.9 Å². The van der Waals surface area contributed by atoms with Gasteiger partial charge in [-0.05, 0) is 42.7 Å². The number of aromatic nitrogens is 2. The first kappa shape index (κ1) is 23.6. The van der Waals surface area contributed by atoms with Crippen LogP contribution in [-0.2, 0) is 17.9 Å². The van der Waals surface area contributed by atoms with E-state index in [2.05, 4.69) is 24.3 Å². The number of nitrogens with zero attached hydrogens (tertiary/aromatic N) is 3. The second kappa shape index (κ2) is 10.6. The summed E-state index contributed by atoms with van der Waals surface area (Å²) in [6, 6.07) is 11.2. The molecule has 2 aromatic heterocycles. The number of rotatable bonds is 8. The molecular formula is C25H30N4O5. The van der Waals surface area contributed by atoms with Crippen molar-refractivity contribution in [1.82, 2.24) is 14.7 Å². The van der Waals surface area contributed by atoms with Gasteiger partial charge in [0, 0.05) is 19.6 Å². The third-order valence-corrected chi connectivity index (χ3v) is 5.70. The maximum Gasteiger partial charge on any atom is 0.291 e. The van der Waals surface area contributed by atoms with Crippen LogP contribution in [-0.4, -0.2) is 52.8 Å². The fourth-order valence-corrected chi connectivity index (χ4v) is 3.72. The van der Waals surface area contributed by atoms with Crippen LogP contribution < -0.4 is 10.1 Å². The number of furan rings is 1. The van der Waals surface area contributed by atoms with E-state index in [1.165, 1.54) is 11.8 Å². The van der Waals surface area contributed by atoms with Gasteiger partial charge in [0.2, 0.25) is 0 Å². The van der Waals surface area contributed by atoms with Gasteiger partial charge in [0.05, 0.1) is 25.1 Å². The molecule has 34 heavy (non-hydrogen) atoms. The number of ether oxygens (including phenoxy) is 2. The minimum absolute atomic E-state index is 0.128. The second-order valence-electron chi connectivity index (χ2n) is 8.36. The summed E-state index contributed by atoms with van der Waals surface area (Å²) in [5, 5.41) is 7.02. The Kier molecular flexibility index (Phi) is 7.32. The maximum atomic E-state index is 13.1. The highest BCUT2D eigenvalue weighted by Crippen LogP contribution is 2.22. The molecule has 1 fully saturated rings. The van der Waals surface area contributed by atoms with Gasteiger partial charge in [-0.3, -0.25) is 14.3 Å². The van der Waals surface area contributed by atoms with Crippen LogP contribution in [0.1, 0.15) is 59.1 Å². The molecule has 9 nitrogen and oxygen atoms in total. The van der Waals surface area contributed by atoms with Gasteiger partial charge >= 0.3 is 0 Å². The lowest BCUT2D eigenvalue weighted by atomic mass is 10.0. The van der Waals surface area contributed by atoms with Crippen molar-refractivity contribution < 1.29 is 23.5 Å². The largest absolute Gasteiger partial charge is 0.486 e. The zero-order chi connectivity index (χ0) is 24.1. The first-order chi connectivity index (χ1) is 16.5. The minimum atomic E-state index is -0.459. The van der Waals surface area contributed by atoms with Gasteiger partial charge in [0.25, 0.3) is 11.8 Å². The van der Waals surface area contributed by atoms with E-state index in [9.17, 15) is 9.59 Å². The lowest BCUT2D eigenvalue weighted by molar-refractivity contribution is 0.0295. The molecule has 1 aliphatic heterocycles. The number of carbonyl (C=O) groups is 2. The molecule has 9 heteroatoms. The van der Waals surface area contributed by atoms with Crippen LogP contribution >= 0.6 is 0 Å². The van der Waals surface area contributed by atoms with E-state index in [-0.39, 0.29) is 18.3 Å². The van der Waals surface area contributed by atoms with Crippen molar-refractivity contribution in [2.24, 2.45) is 0 Å². The number of carbonyl (C=O) groups excluding carboxylic acids is 2. The molecule has 180 valence electrons. The van der Waals surface area contributed by atoms with Gasteiger partial charge in [0.15, 0.2) is 5.76 Å². The molecule has 0 atom stereocenters. The third-order valence-electron chi connectivity index (χ3n) is 5.70. The van der Waals surface area contributed by atoms with Crippen molar-refractivity contribution >= 4 is 17.5 Å². The summed E-state index contributed by atoms with van der Waals surface area (Å²) in [5.41, 5.74) is 1.93. The Bertz CT molecular complexity index is 1130. The fraction of sp³-hybridized carbons (Fsp3) is 0.400. The first-order valence-corrected chi connectivity index (χ1v) is 11.5. The van der Waals surface area contributed by atoms with Crippen molar-refractivity contribution in [2.45, 2.75) is 39.8 Å². The second-order valence-corrected chi connectivity index (χ2v) is 8.36. The highest BCUT2D eigenvalue weighted by Gasteiger charge is 2.26. The zero-order valence-corrected chi connectivity index (χ0v) is 19.7. The average Bonchev–Trinajstić information content (AvgIpc) is 3.50. The summed E-state index contributed by atoms with van der Waals surface area (Å²) < 4.78 is 18.4. The van der Waals surface area contributed by atoms with Gasteiger partial charge in [-0.1, -0.05) is 26.0 Å². The Hall–Kier alpha value is -3.59. The van der Waals surface area contributed by atoms with Crippen molar-refractivity contribution in [1.29, 1.82) is 0 Å². The monoisotopic (exact) mass is 466 g/mol. The predicted octanol–water partition coefficient (Wildman–Crippen LogP) is 3.92. The Morgan fingerprint density at radius 3 is 2.53 bits per heavy atom. The van der Waals surface area contributed by atoms with Crippen molar-refractivity contribution in [3.05, 3.63) is 65.4 Å². The van der Waals surface area contributed by atoms with E-state index in [1.807, 2.05) is 31.2 Å². The first-order valence-electron chi connectivity index (χ1n) is 11.5. The average molecular weight is 467 g/mol. The number of aryl methyl sites for hydroxylation is 1. The standard InChI is InChI=1S/C25H30N4O5/c1-4-29-23(25(31)28-11-13-32-14-12-28)21(15-26-29)27-24(30)22-10-9-20(34-22)16-33-19-7-5-18(6-8-19)17(2)3/h5-10,15,17H,4,11-14,16H2,1-3H3,(H,27,30). The molecule has 3 heterocycles. The summed E-state index contributed by atoms with van der Waals surface area (Å²) in [6.07, 6.45) is 1.49. The van der Waals surface area contributed by atoms with E-state index in [0.717, 1.165) is 5.75 Å². The van der Waals surface area contributed by atoms with Crippen LogP contribution in [0.3, 0.4) is 0 Å². The summed E-state index contributed by atoms with van der Waals surface area (Å²) in [6.45, 7) is 8.86. The molecule has 2 amide bonds. The molecule has 0 unspecified atom stereocenters. The molecule has 0 aliphatic carbocycles. The third kappa shape index (κ3) is 5.31.